The third kappa shape index (κ3) is 3.59. The van der Waals surface area contributed by atoms with Crippen LogP contribution < -0.4 is 0 Å². The molecular formula is C44H26O2. The van der Waals surface area contributed by atoms with Crippen molar-refractivity contribution >= 4 is 65.2 Å². The van der Waals surface area contributed by atoms with Crippen molar-refractivity contribution in [3.05, 3.63) is 157 Å². The molecule has 0 atom stereocenters. The average molecular weight is 602 g/mol. The fourth-order valence-corrected chi connectivity index (χ4v) is 6.45. The van der Waals surface area contributed by atoms with Gasteiger partial charge >= 0.3 is 0 Å². The van der Waals surface area contributed by atoms with Gasteiger partial charge in [0.15, 0.2) is 0 Å². The lowest BCUT2D eigenvalue weighted by molar-refractivity contribution is 0.632. The number of para-hydroxylation sites is 1. The summed E-state index contributed by atoms with van der Waals surface area (Å²) in [5.74, 6) is 0.400. The lowest BCUT2D eigenvalue weighted by Crippen LogP contribution is -1.92. The number of fused-ring (bicyclic) bond motifs is 8. The highest BCUT2D eigenvalue weighted by Gasteiger charge is 2.24. The molecule has 10 aromatic rings. The summed E-state index contributed by atoms with van der Waals surface area (Å²) >= 11 is 0. The van der Waals surface area contributed by atoms with Crippen molar-refractivity contribution in [2.24, 2.45) is 0 Å². The van der Waals surface area contributed by atoms with Crippen molar-refractivity contribution in [2.45, 2.75) is 0 Å². The number of benzene rings is 8. The van der Waals surface area contributed by atoms with Crippen LogP contribution in [0.25, 0.3) is 98.8 Å². The first-order valence-corrected chi connectivity index (χ1v) is 14.5. The molecule has 0 unspecified atom stereocenters. The molecule has 0 saturated heterocycles. The Morgan fingerprint density at radius 3 is 1.76 bits per heavy atom. The van der Waals surface area contributed by atoms with Gasteiger partial charge in [-0.1, -0.05) is 139 Å². The predicted octanol–water partition coefficient (Wildman–Crippen LogP) is 12.8. The van der Waals surface area contributed by atoms with Crippen LogP contribution in [0.4, 0.5) is 0 Å². The molecule has 10 rings (SSSR count). The Hall–Kier alpha value is -6.12. The van der Waals surface area contributed by atoms with Gasteiger partial charge in [-0.2, -0.15) is 0 Å². The Labute approximate surface area is 285 Å². The van der Waals surface area contributed by atoms with E-state index in [2.05, 4.69) is 0 Å². The quantitative estimate of drug-likeness (QED) is 0.188. The number of hydrogen-bond donors (Lipinski definition) is 0. The highest BCUT2D eigenvalue weighted by Crippen LogP contribution is 2.49. The first kappa shape index (κ1) is 14.8. The van der Waals surface area contributed by atoms with E-state index < -0.39 is 113 Å². The highest BCUT2D eigenvalue weighted by atomic mass is 16.3. The van der Waals surface area contributed by atoms with Crippen LogP contribution in [0.5, 0.6) is 0 Å². The minimum absolute atomic E-state index is 0.0696. The second-order valence-electron chi connectivity index (χ2n) is 10.9. The molecule has 0 amide bonds. The average Bonchev–Trinajstić information content (AvgIpc) is 3.88. The first-order chi connectivity index (χ1) is 29.1. The maximum absolute atomic E-state index is 9.55. The molecule has 0 saturated carbocycles. The number of furan rings is 2. The Morgan fingerprint density at radius 1 is 0.413 bits per heavy atom. The van der Waals surface area contributed by atoms with Crippen LogP contribution in [-0.4, -0.2) is 0 Å². The Morgan fingerprint density at radius 2 is 1.02 bits per heavy atom. The highest BCUT2D eigenvalue weighted by molar-refractivity contribution is 6.27. The van der Waals surface area contributed by atoms with Crippen LogP contribution in [-0.2, 0) is 0 Å². The number of rotatable bonds is 3. The van der Waals surface area contributed by atoms with Crippen molar-refractivity contribution < 1.29 is 29.4 Å². The van der Waals surface area contributed by atoms with E-state index >= 15 is 0 Å². The minimum atomic E-state index is -0.775. The van der Waals surface area contributed by atoms with Gasteiger partial charge in [-0.15, -0.1) is 0 Å². The molecule has 0 fully saturated rings. The molecule has 0 radical (unpaired) electrons. The molecular weight excluding hydrogens is 560 g/mol. The van der Waals surface area contributed by atoms with E-state index in [9.17, 15) is 6.85 Å². The lowest BCUT2D eigenvalue weighted by atomic mass is 9.84. The van der Waals surface area contributed by atoms with Gasteiger partial charge in [0.1, 0.15) is 22.5 Å². The molecule has 2 heterocycles. The van der Waals surface area contributed by atoms with Crippen molar-refractivity contribution in [1.82, 2.24) is 0 Å². The third-order valence-electron chi connectivity index (χ3n) is 8.41. The normalized spacial score (nSPS) is 16.5. The third-order valence-corrected chi connectivity index (χ3v) is 8.41. The topological polar surface area (TPSA) is 26.3 Å². The van der Waals surface area contributed by atoms with Crippen molar-refractivity contribution in [3.63, 3.8) is 0 Å². The lowest BCUT2D eigenvalue weighted by Gasteiger charge is -2.19. The zero-order chi connectivity index (χ0) is 43.2. The second kappa shape index (κ2) is 9.69. The molecule has 0 bridgehead atoms. The maximum Gasteiger partial charge on any atom is 0.146 e. The van der Waals surface area contributed by atoms with Crippen LogP contribution in [0.1, 0.15) is 20.6 Å². The van der Waals surface area contributed by atoms with Crippen LogP contribution in [0.15, 0.2) is 166 Å². The molecule has 46 heavy (non-hydrogen) atoms. The summed E-state index contributed by atoms with van der Waals surface area (Å²) in [6.45, 7) is 0. The van der Waals surface area contributed by atoms with E-state index in [-0.39, 0.29) is 38.3 Å². The second-order valence-corrected chi connectivity index (χ2v) is 10.9. The fraction of sp³-hybridized carbons (Fsp3) is 0. The summed E-state index contributed by atoms with van der Waals surface area (Å²) in [5, 5.41) is -0.387. The van der Waals surface area contributed by atoms with Crippen LogP contribution >= 0.6 is 0 Å². The van der Waals surface area contributed by atoms with Crippen LogP contribution in [0.3, 0.4) is 0 Å². The summed E-state index contributed by atoms with van der Waals surface area (Å²) in [7, 11) is 0. The van der Waals surface area contributed by atoms with Gasteiger partial charge in [0.05, 0.1) is 25.9 Å². The van der Waals surface area contributed by atoms with Gasteiger partial charge in [0.2, 0.25) is 0 Å². The summed E-state index contributed by atoms with van der Waals surface area (Å²) in [5.41, 5.74) is 1.05. The SMILES string of the molecule is [2H]c1c([2H])c([2H])c2c(-c3c4c([2H])c([2H])c([2H])c([2H])c4c(-c4cc5c6ccccc6oc5c5cc(-c6ccccc6)oc45)c4c([2H])c([2H])c([2H])c([2H])c34)c([2H])c([2H])c([2H])c2c1[2H]. The van der Waals surface area contributed by atoms with E-state index in [4.69, 9.17) is 22.5 Å². The van der Waals surface area contributed by atoms with Crippen molar-refractivity contribution in [1.29, 1.82) is 0 Å². The summed E-state index contributed by atoms with van der Waals surface area (Å²) < 4.78 is 149. The fourth-order valence-electron chi connectivity index (χ4n) is 6.45. The van der Waals surface area contributed by atoms with E-state index in [1.165, 1.54) is 0 Å². The van der Waals surface area contributed by atoms with Gasteiger partial charge in [0.25, 0.3) is 0 Å². The van der Waals surface area contributed by atoms with E-state index in [1.54, 1.807) is 24.3 Å². The van der Waals surface area contributed by atoms with Gasteiger partial charge in [-0.3, -0.25) is 0 Å². The standard InChI is InChI=1S/C44H26O2/c1-2-14-28(15-3-1)40-26-38-43-36(30-18-10-11-24-39(30)45-43)25-37(44(38)46-40)42-34-21-8-6-19-32(34)41(33-20-7-9-22-35(33)42)31-23-12-16-27-13-4-5-17-29(27)31/h1-26H/i4D,5D,6D,7D,8D,9D,12D,13D,16D,17D,19D,20D,21D,22D,23D. The summed E-state index contributed by atoms with van der Waals surface area (Å²) in [6, 6.07) is 9.26. The van der Waals surface area contributed by atoms with Gasteiger partial charge in [0, 0.05) is 27.5 Å². The molecule has 0 N–H and O–H groups in total. The van der Waals surface area contributed by atoms with Crippen molar-refractivity contribution in [3.8, 4) is 33.6 Å². The zero-order valence-electron chi connectivity index (χ0n) is 38.7. The molecule has 214 valence electrons. The Kier molecular flexibility index (Phi) is 3.11. The van der Waals surface area contributed by atoms with Crippen LogP contribution in [0.2, 0.25) is 0 Å². The van der Waals surface area contributed by atoms with Crippen molar-refractivity contribution in [2.75, 3.05) is 0 Å². The molecule has 2 aromatic heterocycles. The van der Waals surface area contributed by atoms with E-state index in [0.717, 1.165) is 0 Å². The predicted molar refractivity (Wildman–Crippen MR) is 192 cm³/mol. The molecule has 8 aromatic carbocycles. The maximum atomic E-state index is 9.55. The summed E-state index contributed by atoms with van der Waals surface area (Å²) in [6.07, 6.45) is 0. The minimum Gasteiger partial charge on any atom is -0.455 e. The molecule has 0 aliphatic rings. The smallest absolute Gasteiger partial charge is 0.146 e. The molecule has 0 aliphatic carbocycles. The molecule has 2 nitrogen and oxygen atoms in total. The van der Waals surface area contributed by atoms with Crippen LogP contribution in [0, 0.1) is 0 Å². The first-order valence-electron chi connectivity index (χ1n) is 22.0. The van der Waals surface area contributed by atoms with Gasteiger partial charge in [-0.05, 0) is 61.6 Å². The van der Waals surface area contributed by atoms with Gasteiger partial charge in [-0.25, -0.2) is 0 Å². The number of hydrogen-bond acceptors (Lipinski definition) is 2. The molecule has 0 aliphatic heterocycles. The zero-order valence-corrected chi connectivity index (χ0v) is 23.7. The Bertz CT molecular complexity index is 3560. The largest absolute Gasteiger partial charge is 0.455 e. The monoisotopic (exact) mass is 601 g/mol. The van der Waals surface area contributed by atoms with Gasteiger partial charge < -0.3 is 8.83 Å². The summed E-state index contributed by atoms with van der Waals surface area (Å²) in [4.78, 5) is 0. The van der Waals surface area contributed by atoms with E-state index in [1.807, 2.05) is 42.5 Å². The molecule has 2 heteroatoms. The Balaban J connectivity index is 1.55. The molecule has 0 spiro atoms. The van der Waals surface area contributed by atoms with E-state index in [0.29, 0.717) is 38.6 Å².